The van der Waals surface area contributed by atoms with Crippen molar-refractivity contribution in [3.63, 3.8) is 0 Å². The Labute approximate surface area is 143 Å². The van der Waals surface area contributed by atoms with E-state index in [9.17, 15) is 18.0 Å². The topological polar surface area (TPSA) is 70.7 Å². The molecule has 25 heavy (non-hydrogen) atoms. The fourth-order valence-electron chi connectivity index (χ4n) is 2.48. The van der Waals surface area contributed by atoms with E-state index in [-0.39, 0.29) is 5.95 Å². The zero-order chi connectivity index (χ0) is 19.0. The summed E-state index contributed by atoms with van der Waals surface area (Å²) in [5.74, 6) is -2.34. The lowest BCUT2D eigenvalue weighted by molar-refractivity contribution is -0.173. The van der Waals surface area contributed by atoms with Crippen molar-refractivity contribution in [1.29, 1.82) is 5.26 Å². The van der Waals surface area contributed by atoms with Gasteiger partial charge in [-0.2, -0.15) is 18.4 Å². The molecule has 8 heteroatoms. The van der Waals surface area contributed by atoms with Gasteiger partial charge in [0.1, 0.15) is 0 Å². The number of alkyl halides is 3. The van der Waals surface area contributed by atoms with Crippen LogP contribution in [0.4, 0.5) is 19.1 Å². The van der Waals surface area contributed by atoms with Crippen molar-refractivity contribution in [3.8, 4) is 6.07 Å². The zero-order valence-electron chi connectivity index (χ0n) is 14.4. The molecule has 0 aliphatic rings. The number of rotatable bonds is 3. The molecule has 0 fully saturated rings. The third-order valence-electron chi connectivity index (χ3n) is 3.76. The summed E-state index contributed by atoms with van der Waals surface area (Å²) in [5, 5.41) is 11.5. The smallest absolute Gasteiger partial charge is 0.305 e. The van der Waals surface area contributed by atoms with Crippen molar-refractivity contribution in [2.24, 2.45) is 5.92 Å². The largest absolute Gasteiger partial charge is 0.392 e. The summed E-state index contributed by atoms with van der Waals surface area (Å²) in [6.07, 6.45) is -5.11. The third-order valence-corrected chi connectivity index (χ3v) is 3.76. The average molecular weight is 352 g/mol. The molecule has 0 aliphatic heterocycles. The number of nitrogens with zero attached hydrogens (tertiary/aromatic N) is 3. The Hall–Kier alpha value is -2.56. The van der Waals surface area contributed by atoms with Crippen molar-refractivity contribution in [1.82, 2.24) is 9.55 Å². The highest BCUT2D eigenvalue weighted by Crippen LogP contribution is 2.31. The summed E-state index contributed by atoms with van der Waals surface area (Å²) in [7, 11) is 0. The normalized spacial score (nSPS) is 13.5. The maximum atomic E-state index is 12.6. The van der Waals surface area contributed by atoms with E-state index in [1.54, 1.807) is 22.8 Å². The van der Waals surface area contributed by atoms with E-state index in [0.29, 0.717) is 16.6 Å². The van der Waals surface area contributed by atoms with Crippen LogP contribution in [0.2, 0.25) is 0 Å². The molecule has 1 amide bonds. The van der Waals surface area contributed by atoms with Crippen LogP contribution in [0, 0.1) is 17.2 Å². The Morgan fingerprint density at radius 1 is 1.36 bits per heavy atom. The first-order valence-corrected chi connectivity index (χ1v) is 7.73. The van der Waals surface area contributed by atoms with Crippen molar-refractivity contribution >= 4 is 22.9 Å². The number of carbonyl (C=O) groups is 1. The monoisotopic (exact) mass is 352 g/mol. The Bertz CT molecular complexity index is 840. The van der Waals surface area contributed by atoms with Gasteiger partial charge in [-0.05, 0) is 39.0 Å². The van der Waals surface area contributed by atoms with Gasteiger partial charge in [-0.25, -0.2) is 4.98 Å². The molecule has 1 heterocycles. The number of imidazole rings is 1. The number of hydrogen-bond donors (Lipinski definition) is 1. The molecule has 0 radical (unpaired) electrons. The number of benzene rings is 1. The molecule has 134 valence electrons. The van der Waals surface area contributed by atoms with Gasteiger partial charge in [0.15, 0.2) is 0 Å². The fourth-order valence-corrected chi connectivity index (χ4v) is 2.48. The van der Waals surface area contributed by atoms with Crippen LogP contribution in [-0.2, 0) is 10.3 Å². The van der Waals surface area contributed by atoms with E-state index in [2.05, 4.69) is 10.3 Å². The third kappa shape index (κ3) is 4.10. The summed E-state index contributed by atoms with van der Waals surface area (Å²) in [4.78, 5) is 16.3. The van der Waals surface area contributed by atoms with Crippen LogP contribution in [0.1, 0.15) is 39.7 Å². The number of amides is 1. The Kier molecular flexibility index (Phi) is 4.80. The van der Waals surface area contributed by atoms with Gasteiger partial charge in [0.2, 0.25) is 11.9 Å². The highest BCUT2D eigenvalue weighted by atomic mass is 19.4. The van der Waals surface area contributed by atoms with Gasteiger partial charge in [-0.15, -0.1) is 0 Å². The number of halogens is 3. The molecule has 2 rings (SSSR count). The molecule has 0 saturated carbocycles. The molecule has 0 unspecified atom stereocenters. The van der Waals surface area contributed by atoms with Crippen LogP contribution in [0.3, 0.4) is 0 Å². The highest BCUT2D eigenvalue weighted by molar-refractivity contribution is 5.92. The number of fused-ring (bicyclic) bond motifs is 1. The summed E-state index contributed by atoms with van der Waals surface area (Å²) in [5.41, 5.74) is 1.11. The number of aromatic nitrogens is 2. The number of nitriles is 1. The van der Waals surface area contributed by atoms with Gasteiger partial charge in [0, 0.05) is 12.0 Å². The van der Waals surface area contributed by atoms with Crippen LogP contribution < -0.4 is 5.32 Å². The lowest BCUT2D eigenvalue weighted by Crippen LogP contribution is -2.29. The molecule has 0 aliphatic carbocycles. The van der Waals surface area contributed by atoms with Crippen molar-refractivity contribution in [2.45, 2.75) is 45.8 Å². The van der Waals surface area contributed by atoms with Crippen LogP contribution in [0.25, 0.3) is 11.0 Å². The first-order chi connectivity index (χ1) is 11.4. The summed E-state index contributed by atoms with van der Waals surface area (Å²) in [6, 6.07) is 6.92. The lowest BCUT2D eigenvalue weighted by atomic mass is 10.1. The molecule has 1 atom stereocenters. The first kappa shape index (κ1) is 18.8. The fraction of sp³-hybridized carbons (Fsp3) is 0.471. The van der Waals surface area contributed by atoms with Gasteiger partial charge >= 0.3 is 6.18 Å². The van der Waals surface area contributed by atoms with E-state index >= 15 is 0 Å². The van der Waals surface area contributed by atoms with E-state index < -0.39 is 30.0 Å². The van der Waals surface area contributed by atoms with E-state index in [4.69, 9.17) is 5.26 Å². The van der Waals surface area contributed by atoms with Crippen molar-refractivity contribution in [2.75, 3.05) is 5.32 Å². The Balaban J connectivity index is 2.41. The summed E-state index contributed by atoms with van der Waals surface area (Å²) < 4.78 is 39.6. The first-order valence-electron chi connectivity index (χ1n) is 7.73. The minimum absolute atomic E-state index is 0.164. The average Bonchev–Trinajstić information content (AvgIpc) is 2.82. The highest BCUT2D eigenvalue weighted by Gasteiger charge is 2.37. The second-order valence-corrected chi connectivity index (χ2v) is 6.95. The second-order valence-electron chi connectivity index (χ2n) is 6.95. The lowest BCUT2D eigenvalue weighted by Gasteiger charge is -2.25. The van der Waals surface area contributed by atoms with Crippen LogP contribution in [-0.4, -0.2) is 21.6 Å². The molecule has 1 aromatic heterocycles. The molecular weight excluding hydrogens is 333 g/mol. The number of nitrogens with one attached hydrogen (secondary N) is 1. The molecule has 1 N–H and O–H groups in total. The minimum atomic E-state index is -4.43. The van der Waals surface area contributed by atoms with Gasteiger partial charge in [0.05, 0.1) is 28.6 Å². The molecule has 2 aromatic rings. The van der Waals surface area contributed by atoms with Gasteiger partial charge < -0.3 is 4.57 Å². The summed E-state index contributed by atoms with van der Waals surface area (Å²) >= 11 is 0. The van der Waals surface area contributed by atoms with Crippen molar-refractivity contribution in [3.05, 3.63) is 23.8 Å². The van der Waals surface area contributed by atoms with E-state index in [0.717, 1.165) is 6.92 Å². The van der Waals surface area contributed by atoms with Gasteiger partial charge in [-0.3, -0.25) is 10.1 Å². The molecule has 5 nitrogen and oxygen atoms in total. The molecule has 1 aromatic carbocycles. The van der Waals surface area contributed by atoms with Crippen LogP contribution >= 0.6 is 0 Å². The van der Waals surface area contributed by atoms with Gasteiger partial charge in [0.25, 0.3) is 0 Å². The Morgan fingerprint density at radius 2 is 2.00 bits per heavy atom. The number of hydrogen-bond acceptors (Lipinski definition) is 3. The van der Waals surface area contributed by atoms with E-state index in [1.165, 1.54) is 0 Å². The Morgan fingerprint density at radius 3 is 2.52 bits per heavy atom. The van der Waals surface area contributed by atoms with Crippen molar-refractivity contribution < 1.29 is 18.0 Å². The second kappa shape index (κ2) is 6.39. The standard InChI is InChI=1S/C17H19F3N4O/c1-10(17(18,19)20)7-14(25)23-15-22-12-6-5-11(9-21)8-13(12)24(15)16(2,3)4/h5-6,8,10H,7H2,1-4H3,(H,22,23,25)/t10-/m1/s1. The molecule has 0 spiro atoms. The molecule has 0 saturated heterocycles. The molecule has 0 bridgehead atoms. The summed E-state index contributed by atoms with van der Waals surface area (Å²) in [6.45, 7) is 6.59. The minimum Gasteiger partial charge on any atom is -0.305 e. The number of anilines is 1. The predicted molar refractivity (Wildman–Crippen MR) is 87.9 cm³/mol. The predicted octanol–water partition coefficient (Wildman–Crippen LogP) is 4.19. The molecular formula is C17H19F3N4O. The number of carbonyl (C=O) groups excluding carboxylic acids is 1. The SMILES string of the molecule is C[C@H](CC(=O)Nc1nc2ccc(C#N)cc2n1C(C)(C)C)C(F)(F)F. The zero-order valence-corrected chi connectivity index (χ0v) is 14.4. The maximum Gasteiger partial charge on any atom is 0.392 e. The van der Waals surface area contributed by atoms with Crippen LogP contribution in [0.5, 0.6) is 0 Å². The van der Waals surface area contributed by atoms with E-state index in [1.807, 2.05) is 26.8 Å². The maximum absolute atomic E-state index is 12.6. The van der Waals surface area contributed by atoms with Gasteiger partial charge in [-0.1, -0.05) is 6.92 Å². The quantitative estimate of drug-likeness (QED) is 0.900. The van der Waals surface area contributed by atoms with Crippen LogP contribution in [0.15, 0.2) is 18.2 Å².